The number of H-pyrrole nitrogens is 2. The van der Waals surface area contributed by atoms with Gasteiger partial charge in [0.2, 0.25) is 0 Å². The molecule has 4 aromatic rings. The van der Waals surface area contributed by atoms with E-state index >= 15 is 0 Å². The smallest absolute Gasteiger partial charge is 0.277 e. The van der Waals surface area contributed by atoms with E-state index in [-0.39, 0.29) is 23.6 Å². The molecule has 2 aromatic heterocycles. The molecule has 4 bridgehead atoms. The number of amides is 4. The molecule has 2 saturated heterocycles. The topological polar surface area (TPSA) is 113 Å². The van der Waals surface area contributed by atoms with Crippen LogP contribution in [0.3, 0.4) is 0 Å². The lowest BCUT2D eigenvalue weighted by molar-refractivity contribution is -0.137. The van der Waals surface area contributed by atoms with E-state index in [4.69, 9.17) is 0 Å². The van der Waals surface area contributed by atoms with Gasteiger partial charge >= 0.3 is 0 Å². The number of carbonyl (C=O) groups excluding carboxylic acids is 4. The minimum atomic E-state index is -0.252. The van der Waals surface area contributed by atoms with Gasteiger partial charge in [0, 0.05) is 84.6 Å². The van der Waals surface area contributed by atoms with Gasteiger partial charge in [0.15, 0.2) is 0 Å². The molecule has 0 unspecified atom stereocenters. The first-order valence-electron chi connectivity index (χ1n) is 18.1. The third-order valence-electron chi connectivity index (χ3n) is 12.0. The normalized spacial score (nSPS) is 23.5. The van der Waals surface area contributed by atoms with Crippen molar-refractivity contribution in [3.63, 3.8) is 0 Å². The third-order valence-corrected chi connectivity index (χ3v) is 12.0. The summed E-state index contributed by atoms with van der Waals surface area (Å²) in [7, 11) is 3.19. The molecule has 2 fully saturated rings. The van der Waals surface area contributed by atoms with E-state index in [9.17, 15) is 19.2 Å². The number of aromatic nitrogens is 2. The summed E-state index contributed by atoms with van der Waals surface area (Å²) >= 11 is 0. The van der Waals surface area contributed by atoms with Gasteiger partial charge in [0.25, 0.3) is 23.6 Å². The lowest BCUT2D eigenvalue weighted by Crippen LogP contribution is -2.40. The molecule has 256 valence electrons. The number of fused-ring (bicyclic) bond motifs is 4. The van der Waals surface area contributed by atoms with Gasteiger partial charge in [-0.05, 0) is 75.3 Å². The molecule has 0 spiro atoms. The Balaban J connectivity index is 1.20. The van der Waals surface area contributed by atoms with Gasteiger partial charge in [-0.3, -0.25) is 29.0 Å². The minimum Gasteiger partial charge on any atom is -0.366 e. The van der Waals surface area contributed by atoms with Crippen LogP contribution in [0, 0.1) is 11.8 Å². The van der Waals surface area contributed by atoms with Crippen LogP contribution in [-0.2, 0) is 32.0 Å². The van der Waals surface area contributed by atoms with Crippen molar-refractivity contribution >= 4 is 56.6 Å². The van der Waals surface area contributed by atoms with Gasteiger partial charge in [0.05, 0.1) is 11.1 Å². The first-order chi connectivity index (χ1) is 24.3. The van der Waals surface area contributed by atoms with E-state index in [0.29, 0.717) is 53.6 Å². The number of hydrogen-bond donors (Lipinski definition) is 2. The van der Waals surface area contributed by atoms with Crippen molar-refractivity contribution in [1.82, 2.24) is 29.6 Å². The zero-order valence-electron chi connectivity index (χ0n) is 28.7. The Hall–Kier alpha value is -5.12. The number of imide groups is 2. The number of aryl methyl sites for hydroxylation is 2. The molecule has 0 aliphatic carbocycles. The molecule has 2 N–H and O–H groups in total. The number of benzene rings is 2. The fraction of sp³-hybridized carbons (Fsp3) is 0.400. The molecule has 0 saturated carbocycles. The Morgan fingerprint density at radius 1 is 0.560 bits per heavy atom. The van der Waals surface area contributed by atoms with Gasteiger partial charge < -0.3 is 19.8 Å². The standard InChI is InChI=1S/C40H42N6O4/c1-43-37(47)33-31-25-8-3-5-10-27(25)41-29(31)12-7-13-30-32(26-9-4-6-11-28(26)42-30)34-36(40(50)44(2)38(34)48)46-20-16-24(17-21-46)22-23-14-18-45(19-15-23)35(33)39(43)49/h3-6,8-11,23-24,41-42H,7,12-22H2,1-2H3. The lowest BCUT2D eigenvalue weighted by atomic mass is 9.82. The largest absolute Gasteiger partial charge is 0.366 e. The van der Waals surface area contributed by atoms with Gasteiger partial charge in [-0.15, -0.1) is 0 Å². The van der Waals surface area contributed by atoms with E-state index in [2.05, 4.69) is 19.8 Å². The van der Waals surface area contributed by atoms with Crippen LogP contribution in [-0.4, -0.2) is 93.5 Å². The number of carbonyl (C=O) groups is 4. The zero-order valence-corrected chi connectivity index (χ0v) is 28.7. The second-order valence-electron chi connectivity index (χ2n) is 14.8. The van der Waals surface area contributed by atoms with Crippen LogP contribution in [0.1, 0.15) is 61.0 Å². The number of piperidine rings is 2. The molecule has 9 heterocycles. The molecule has 0 atom stereocenters. The van der Waals surface area contributed by atoms with Crippen molar-refractivity contribution in [2.75, 3.05) is 40.3 Å². The van der Waals surface area contributed by atoms with Crippen molar-refractivity contribution < 1.29 is 19.2 Å². The van der Waals surface area contributed by atoms with Crippen LogP contribution in [0.5, 0.6) is 0 Å². The summed E-state index contributed by atoms with van der Waals surface area (Å²) in [6.45, 7) is 2.98. The van der Waals surface area contributed by atoms with Gasteiger partial charge in [-0.1, -0.05) is 36.4 Å². The van der Waals surface area contributed by atoms with Crippen LogP contribution < -0.4 is 0 Å². The summed E-state index contributed by atoms with van der Waals surface area (Å²) in [4.78, 5) is 69.8. The summed E-state index contributed by atoms with van der Waals surface area (Å²) in [5.74, 6) is 0.130. The number of aromatic amines is 2. The molecule has 50 heavy (non-hydrogen) atoms. The molecular formula is C40H42N6O4. The summed E-state index contributed by atoms with van der Waals surface area (Å²) in [6.07, 6.45) is 6.94. The first-order valence-corrected chi connectivity index (χ1v) is 18.1. The monoisotopic (exact) mass is 670 g/mol. The number of nitrogens with one attached hydrogen (secondary N) is 2. The van der Waals surface area contributed by atoms with Gasteiger partial charge in [-0.25, -0.2) is 0 Å². The summed E-state index contributed by atoms with van der Waals surface area (Å²) < 4.78 is 0. The van der Waals surface area contributed by atoms with E-state index in [1.165, 1.54) is 9.80 Å². The molecule has 11 rings (SSSR count). The van der Waals surface area contributed by atoms with E-state index < -0.39 is 0 Å². The average molecular weight is 671 g/mol. The quantitative estimate of drug-likeness (QED) is 0.253. The van der Waals surface area contributed by atoms with Crippen molar-refractivity contribution in [2.24, 2.45) is 11.8 Å². The number of hydrogen-bond acceptors (Lipinski definition) is 6. The number of para-hydroxylation sites is 2. The molecule has 2 aromatic carbocycles. The molecule has 7 aliphatic rings. The summed E-state index contributed by atoms with van der Waals surface area (Å²) in [5.41, 5.74) is 7.43. The second-order valence-corrected chi connectivity index (χ2v) is 14.8. The summed E-state index contributed by atoms with van der Waals surface area (Å²) in [6, 6.07) is 16.0. The van der Waals surface area contributed by atoms with Crippen molar-refractivity contribution in [3.05, 3.63) is 82.4 Å². The highest BCUT2D eigenvalue weighted by Gasteiger charge is 2.44. The lowest BCUT2D eigenvalue weighted by Gasteiger charge is -2.38. The van der Waals surface area contributed by atoms with Gasteiger partial charge in [-0.2, -0.15) is 0 Å². The maximum Gasteiger partial charge on any atom is 0.277 e. The Morgan fingerprint density at radius 2 is 0.960 bits per heavy atom. The summed E-state index contributed by atoms with van der Waals surface area (Å²) in [5, 5.41) is 1.88. The molecule has 10 heteroatoms. The molecule has 10 nitrogen and oxygen atoms in total. The maximum atomic E-state index is 14.0. The van der Waals surface area contributed by atoms with Crippen molar-refractivity contribution in [1.29, 1.82) is 0 Å². The highest BCUT2D eigenvalue weighted by atomic mass is 16.2. The highest BCUT2D eigenvalue weighted by molar-refractivity contribution is 6.38. The SMILES string of the molecule is CN1C(=O)C2=C(C1=O)N1CCC(CC1)CC1CCN(CC1)C1=C(C(=O)N(C)C1=O)c1c([nH]c3ccccc13)CCCc1[nH]c3ccccc3c12. The average Bonchev–Trinajstić information content (AvgIpc) is 3.81. The zero-order chi connectivity index (χ0) is 34.3. The predicted molar refractivity (Wildman–Crippen MR) is 191 cm³/mol. The second kappa shape index (κ2) is 11.7. The first kappa shape index (κ1) is 30.9. The fourth-order valence-corrected chi connectivity index (χ4v) is 9.33. The van der Waals surface area contributed by atoms with Crippen LogP contribution in [0.25, 0.3) is 33.0 Å². The highest BCUT2D eigenvalue weighted by Crippen LogP contribution is 2.42. The minimum absolute atomic E-state index is 0.221. The van der Waals surface area contributed by atoms with E-state index in [1.54, 1.807) is 14.1 Å². The van der Waals surface area contributed by atoms with Crippen LogP contribution in [0.2, 0.25) is 0 Å². The molecule has 0 radical (unpaired) electrons. The third kappa shape index (κ3) is 4.67. The van der Waals surface area contributed by atoms with E-state index in [1.807, 2.05) is 48.5 Å². The van der Waals surface area contributed by atoms with Crippen LogP contribution >= 0.6 is 0 Å². The molecular weight excluding hydrogens is 628 g/mol. The van der Waals surface area contributed by atoms with Crippen molar-refractivity contribution in [3.8, 4) is 0 Å². The Labute approximate surface area is 290 Å². The van der Waals surface area contributed by atoms with Crippen LogP contribution in [0.4, 0.5) is 0 Å². The fourth-order valence-electron chi connectivity index (χ4n) is 9.33. The predicted octanol–water partition coefficient (Wildman–Crippen LogP) is 5.07. The van der Waals surface area contributed by atoms with E-state index in [0.717, 1.165) is 103 Å². The Bertz CT molecular complexity index is 2020. The van der Waals surface area contributed by atoms with Gasteiger partial charge in [0.1, 0.15) is 11.4 Å². The van der Waals surface area contributed by atoms with Crippen molar-refractivity contribution in [2.45, 2.75) is 51.4 Å². The molecule has 7 aliphatic heterocycles. The number of nitrogens with zero attached hydrogens (tertiary/aromatic N) is 4. The molecule has 4 amide bonds. The maximum absolute atomic E-state index is 14.0. The van der Waals surface area contributed by atoms with Crippen LogP contribution in [0.15, 0.2) is 59.9 Å². The Kier molecular flexibility index (Phi) is 7.26. The number of likely N-dealkylation sites (N-methyl/N-ethyl adjacent to an activating group) is 2. The number of rotatable bonds is 0. The Morgan fingerprint density at radius 3 is 1.38 bits per heavy atom.